The molecule has 1 aliphatic carbocycles. The fourth-order valence-electron chi connectivity index (χ4n) is 3.42. The SMILES string of the molecule is C[C@@H]1CN([C@H](C)CO)S(=O)(=O)c2ccc(Br)cc2O[C@H]1CN(C)C(=O)C1CC1. The molecule has 3 atom stereocenters. The van der Waals surface area contributed by atoms with Gasteiger partial charge < -0.3 is 14.7 Å². The van der Waals surface area contributed by atoms with E-state index in [0.717, 1.165) is 12.8 Å². The summed E-state index contributed by atoms with van der Waals surface area (Å²) in [5.74, 6) is 0.306. The standard InChI is InChI=1S/C19H27BrN2O5S/c1-12-9-22(13(2)11-23)28(25,26)18-7-6-15(20)8-16(18)27-17(12)10-21(3)19(24)14-4-5-14/h6-8,12-14,17,23H,4-5,9-11H2,1-3H3/t12-,13-,17+/m1/s1. The van der Waals surface area contributed by atoms with Crippen LogP contribution in [0.15, 0.2) is 27.6 Å². The minimum atomic E-state index is -3.83. The summed E-state index contributed by atoms with van der Waals surface area (Å²) in [5, 5.41) is 9.61. The number of halogens is 1. The van der Waals surface area contributed by atoms with Crippen LogP contribution in [-0.4, -0.2) is 67.5 Å². The molecule has 9 heteroatoms. The zero-order chi connectivity index (χ0) is 20.6. The first kappa shape index (κ1) is 21.5. The van der Waals surface area contributed by atoms with Crippen LogP contribution in [0.1, 0.15) is 26.7 Å². The number of hydrogen-bond acceptors (Lipinski definition) is 5. The Balaban J connectivity index is 1.97. The van der Waals surface area contributed by atoms with Gasteiger partial charge in [-0.3, -0.25) is 4.79 Å². The molecular formula is C19H27BrN2O5S. The van der Waals surface area contributed by atoms with Gasteiger partial charge in [0.15, 0.2) is 0 Å². The summed E-state index contributed by atoms with van der Waals surface area (Å²) in [6.45, 7) is 3.90. The van der Waals surface area contributed by atoms with Crippen molar-refractivity contribution in [2.24, 2.45) is 11.8 Å². The van der Waals surface area contributed by atoms with Gasteiger partial charge in [-0.15, -0.1) is 0 Å². The molecule has 7 nitrogen and oxygen atoms in total. The topological polar surface area (TPSA) is 87.2 Å². The number of nitrogens with zero attached hydrogens (tertiary/aromatic N) is 2. The number of rotatable bonds is 5. The van der Waals surface area contributed by atoms with E-state index in [1.165, 1.54) is 10.4 Å². The molecule has 1 N–H and O–H groups in total. The van der Waals surface area contributed by atoms with E-state index < -0.39 is 16.1 Å². The number of amides is 1. The Morgan fingerprint density at radius 2 is 2.11 bits per heavy atom. The Labute approximate surface area is 174 Å². The Kier molecular flexibility index (Phi) is 6.38. The van der Waals surface area contributed by atoms with Crippen molar-refractivity contribution in [2.45, 2.75) is 43.7 Å². The third kappa shape index (κ3) is 4.37. The van der Waals surface area contributed by atoms with Crippen LogP contribution in [0.4, 0.5) is 0 Å². The second-order valence-corrected chi connectivity index (χ2v) is 10.6. The van der Waals surface area contributed by atoms with E-state index in [-0.39, 0.29) is 47.6 Å². The van der Waals surface area contributed by atoms with E-state index in [9.17, 15) is 18.3 Å². The predicted octanol–water partition coefficient (Wildman–Crippen LogP) is 2.09. The van der Waals surface area contributed by atoms with Crippen molar-refractivity contribution < 1.29 is 23.1 Å². The van der Waals surface area contributed by atoms with Gasteiger partial charge in [-0.05, 0) is 38.0 Å². The average Bonchev–Trinajstić information content (AvgIpc) is 3.48. The van der Waals surface area contributed by atoms with E-state index in [1.54, 1.807) is 31.0 Å². The molecule has 1 aromatic rings. The van der Waals surface area contributed by atoms with Gasteiger partial charge in [0.2, 0.25) is 15.9 Å². The van der Waals surface area contributed by atoms with Crippen LogP contribution in [0, 0.1) is 11.8 Å². The van der Waals surface area contributed by atoms with E-state index in [1.807, 2.05) is 6.92 Å². The largest absolute Gasteiger partial charge is 0.487 e. The Bertz CT molecular complexity index is 843. The van der Waals surface area contributed by atoms with Gasteiger partial charge in [0.05, 0.1) is 13.2 Å². The fraction of sp³-hybridized carbons (Fsp3) is 0.632. The number of aliphatic hydroxyl groups is 1. The molecule has 0 unspecified atom stereocenters. The zero-order valence-electron chi connectivity index (χ0n) is 16.3. The van der Waals surface area contributed by atoms with Crippen molar-refractivity contribution in [1.29, 1.82) is 0 Å². The van der Waals surface area contributed by atoms with Crippen molar-refractivity contribution in [2.75, 3.05) is 26.7 Å². The number of fused-ring (bicyclic) bond motifs is 1. The highest BCUT2D eigenvalue weighted by Gasteiger charge is 2.39. The molecule has 0 aromatic heterocycles. The van der Waals surface area contributed by atoms with Crippen LogP contribution in [-0.2, 0) is 14.8 Å². The first-order valence-corrected chi connectivity index (χ1v) is 11.7. The Morgan fingerprint density at radius 1 is 1.43 bits per heavy atom. The molecule has 1 fully saturated rings. The van der Waals surface area contributed by atoms with Gasteiger partial charge in [0.25, 0.3) is 0 Å². The minimum Gasteiger partial charge on any atom is -0.487 e. The summed E-state index contributed by atoms with van der Waals surface area (Å²) in [5.41, 5.74) is 0. The molecule has 1 heterocycles. The third-order valence-electron chi connectivity index (χ3n) is 5.39. The predicted molar refractivity (Wildman–Crippen MR) is 109 cm³/mol. The summed E-state index contributed by atoms with van der Waals surface area (Å²) in [7, 11) is -2.06. The summed E-state index contributed by atoms with van der Waals surface area (Å²) in [6.07, 6.45) is 1.49. The molecular weight excluding hydrogens is 448 g/mol. The lowest BCUT2D eigenvalue weighted by atomic mass is 10.0. The quantitative estimate of drug-likeness (QED) is 0.705. The molecule has 0 radical (unpaired) electrons. The van der Waals surface area contributed by atoms with Crippen LogP contribution in [0.25, 0.3) is 0 Å². The molecule has 1 aromatic carbocycles. The van der Waals surface area contributed by atoms with E-state index in [2.05, 4.69) is 15.9 Å². The van der Waals surface area contributed by atoms with E-state index >= 15 is 0 Å². The monoisotopic (exact) mass is 474 g/mol. The highest BCUT2D eigenvalue weighted by atomic mass is 79.9. The second-order valence-electron chi connectivity index (χ2n) is 7.82. The molecule has 3 rings (SSSR count). The highest BCUT2D eigenvalue weighted by Crippen LogP contribution is 2.36. The second kappa shape index (κ2) is 8.30. The van der Waals surface area contributed by atoms with Gasteiger partial charge in [0.1, 0.15) is 16.7 Å². The first-order chi connectivity index (χ1) is 13.1. The lowest BCUT2D eigenvalue weighted by molar-refractivity contribution is -0.132. The molecule has 156 valence electrons. The molecule has 2 aliphatic rings. The van der Waals surface area contributed by atoms with Gasteiger partial charge in [-0.1, -0.05) is 22.9 Å². The first-order valence-electron chi connectivity index (χ1n) is 9.49. The number of aliphatic hydroxyl groups excluding tert-OH is 1. The van der Waals surface area contributed by atoms with Crippen LogP contribution in [0.2, 0.25) is 0 Å². The summed E-state index contributed by atoms with van der Waals surface area (Å²) in [4.78, 5) is 14.1. The fourth-order valence-corrected chi connectivity index (χ4v) is 5.59. The number of hydrogen-bond donors (Lipinski definition) is 1. The van der Waals surface area contributed by atoms with Crippen LogP contribution in [0.3, 0.4) is 0 Å². The Morgan fingerprint density at radius 3 is 2.71 bits per heavy atom. The Hall–Kier alpha value is -1.16. The maximum absolute atomic E-state index is 13.2. The van der Waals surface area contributed by atoms with Crippen molar-refractivity contribution in [3.63, 3.8) is 0 Å². The normalized spacial score (nSPS) is 25.8. The van der Waals surface area contributed by atoms with Crippen molar-refractivity contribution in [3.05, 3.63) is 22.7 Å². The molecule has 0 spiro atoms. The number of benzene rings is 1. The minimum absolute atomic E-state index is 0.0732. The molecule has 1 aliphatic heterocycles. The molecule has 0 saturated heterocycles. The van der Waals surface area contributed by atoms with E-state index in [0.29, 0.717) is 11.0 Å². The molecule has 1 saturated carbocycles. The van der Waals surface area contributed by atoms with E-state index in [4.69, 9.17) is 4.74 Å². The van der Waals surface area contributed by atoms with Gasteiger partial charge in [-0.2, -0.15) is 4.31 Å². The summed E-state index contributed by atoms with van der Waals surface area (Å²) < 4.78 is 34.6. The van der Waals surface area contributed by atoms with Gasteiger partial charge in [-0.25, -0.2) is 8.42 Å². The van der Waals surface area contributed by atoms with Crippen LogP contribution >= 0.6 is 15.9 Å². The molecule has 28 heavy (non-hydrogen) atoms. The summed E-state index contributed by atoms with van der Waals surface area (Å²) in [6, 6.07) is 4.25. The molecule has 0 bridgehead atoms. The van der Waals surface area contributed by atoms with Gasteiger partial charge in [0, 0.05) is 35.9 Å². The number of ether oxygens (including phenoxy) is 1. The zero-order valence-corrected chi connectivity index (χ0v) is 18.7. The number of likely N-dealkylation sites (N-methyl/N-ethyl adjacent to an activating group) is 1. The van der Waals surface area contributed by atoms with Crippen molar-refractivity contribution in [1.82, 2.24) is 9.21 Å². The van der Waals surface area contributed by atoms with Crippen molar-refractivity contribution in [3.8, 4) is 5.75 Å². The van der Waals surface area contributed by atoms with Gasteiger partial charge >= 0.3 is 0 Å². The molecule has 1 amide bonds. The maximum Gasteiger partial charge on any atom is 0.247 e. The van der Waals surface area contributed by atoms with Crippen LogP contribution < -0.4 is 4.74 Å². The van der Waals surface area contributed by atoms with Crippen LogP contribution in [0.5, 0.6) is 5.75 Å². The third-order valence-corrected chi connectivity index (χ3v) is 7.90. The van der Waals surface area contributed by atoms with Crippen molar-refractivity contribution >= 4 is 31.9 Å². The maximum atomic E-state index is 13.2. The highest BCUT2D eigenvalue weighted by molar-refractivity contribution is 9.10. The number of carbonyl (C=O) groups excluding carboxylic acids is 1. The summed E-state index contributed by atoms with van der Waals surface area (Å²) >= 11 is 3.37. The lowest BCUT2D eigenvalue weighted by Gasteiger charge is -2.37. The number of sulfonamides is 1. The number of carbonyl (C=O) groups is 1. The average molecular weight is 475 g/mol. The smallest absolute Gasteiger partial charge is 0.247 e. The lowest BCUT2D eigenvalue weighted by Crippen LogP contribution is -2.50.